The average molecular weight is 358 g/mol. The number of nitrogens with zero attached hydrogens (tertiary/aromatic N) is 1. The summed E-state index contributed by atoms with van der Waals surface area (Å²) in [6.45, 7) is 5.99. The molecule has 0 spiro atoms. The minimum absolute atomic E-state index is 0.0346. The number of hydrogen-bond acceptors (Lipinski definition) is 2. The van der Waals surface area contributed by atoms with Gasteiger partial charge in [0.2, 0.25) is 0 Å². The van der Waals surface area contributed by atoms with Gasteiger partial charge in [-0.05, 0) is 50.7 Å². The third-order valence-corrected chi connectivity index (χ3v) is 6.22. The molecular weight excluding hydrogens is 328 g/mol. The molecule has 0 bridgehead atoms. The molecule has 1 saturated heterocycles. The van der Waals surface area contributed by atoms with Crippen LogP contribution >= 0.6 is 0 Å². The molecule has 2 amide bonds. The zero-order chi connectivity index (χ0) is 18.7. The highest BCUT2D eigenvalue weighted by atomic mass is 16.4. The van der Waals surface area contributed by atoms with Crippen molar-refractivity contribution in [2.75, 3.05) is 19.6 Å². The number of urea groups is 1. The molecule has 0 aromatic heterocycles. The molecule has 142 valence electrons. The molecule has 0 unspecified atom stereocenters. The van der Waals surface area contributed by atoms with Crippen molar-refractivity contribution < 1.29 is 14.7 Å². The van der Waals surface area contributed by atoms with Gasteiger partial charge in [-0.2, -0.15) is 0 Å². The molecule has 1 saturated carbocycles. The molecule has 0 radical (unpaired) electrons. The number of likely N-dealkylation sites (tertiary alicyclic amines) is 1. The Labute approximate surface area is 155 Å². The molecule has 1 aliphatic heterocycles. The highest BCUT2D eigenvalue weighted by Crippen LogP contribution is 2.42. The first-order valence-electron chi connectivity index (χ1n) is 9.75. The van der Waals surface area contributed by atoms with E-state index < -0.39 is 5.97 Å². The first-order chi connectivity index (χ1) is 12.4. The van der Waals surface area contributed by atoms with Gasteiger partial charge in [0, 0.05) is 25.0 Å². The number of carbonyl (C=O) groups is 2. The molecule has 1 aromatic rings. The van der Waals surface area contributed by atoms with Gasteiger partial charge in [-0.15, -0.1) is 0 Å². The summed E-state index contributed by atoms with van der Waals surface area (Å²) in [5, 5.41) is 12.3. The minimum atomic E-state index is -0.746. The lowest BCUT2D eigenvalue weighted by molar-refractivity contribution is -0.143. The number of rotatable bonds is 4. The molecule has 1 heterocycles. The van der Waals surface area contributed by atoms with Crippen molar-refractivity contribution in [3.63, 3.8) is 0 Å². The maximum absolute atomic E-state index is 12.6. The summed E-state index contributed by atoms with van der Waals surface area (Å²) >= 11 is 0. The first-order valence-corrected chi connectivity index (χ1v) is 9.75. The second kappa shape index (κ2) is 7.68. The predicted molar refractivity (Wildman–Crippen MR) is 101 cm³/mol. The average Bonchev–Trinajstić information content (AvgIpc) is 3.09. The maximum Gasteiger partial charge on any atom is 0.317 e. The van der Waals surface area contributed by atoms with Crippen LogP contribution in [0.15, 0.2) is 18.2 Å². The molecule has 3 rings (SSSR count). The number of aryl methyl sites for hydroxylation is 2. The summed E-state index contributed by atoms with van der Waals surface area (Å²) in [5.74, 6) is -1.06. The van der Waals surface area contributed by atoms with E-state index in [-0.39, 0.29) is 17.4 Å². The van der Waals surface area contributed by atoms with Crippen LogP contribution < -0.4 is 5.32 Å². The SMILES string of the molecule is Cc1ccc(C2(CNC(=O)N3CCC(C(=O)O)CC3)CCCC2)c(C)c1. The Balaban J connectivity index is 1.64. The van der Waals surface area contributed by atoms with E-state index in [1.165, 1.54) is 29.5 Å². The first kappa shape index (κ1) is 18.7. The van der Waals surface area contributed by atoms with Crippen LogP contribution in [0.25, 0.3) is 0 Å². The smallest absolute Gasteiger partial charge is 0.317 e. The van der Waals surface area contributed by atoms with E-state index >= 15 is 0 Å². The summed E-state index contributed by atoms with van der Waals surface area (Å²) in [6.07, 6.45) is 5.72. The third kappa shape index (κ3) is 3.87. The van der Waals surface area contributed by atoms with Gasteiger partial charge in [-0.1, -0.05) is 36.6 Å². The minimum Gasteiger partial charge on any atom is -0.481 e. The van der Waals surface area contributed by atoms with Gasteiger partial charge in [0.1, 0.15) is 0 Å². The van der Waals surface area contributed by atoms with Crippen LogP contribution in [0, 0.1) is 19.8 Å². The molecule has 0 atom stereocenters. The fourth-order valence-corrected chi connectivity index (χ4v) is 4.69. The summed E-state index contributed by atoms with van der Waals surface area (Å²) < 4.78 is 0. The molecule has 2 aliphatic rings. The molecule has 5 heteroatoms. The number of hydrogen-bond donors (Lipinski definition) is 2. The predicted octanol–water partition coefficient (Wildman–Crippen LogP) is 3.62. The fourth-order valence-electron chi connectivity index (χ4n) is 4.69. The van der Waals surface area contributed by atoms with E-state index in [4.69, 9.17) is 5.11 Å². The Morgan fingerprint density at radius 1 is 1.19 bits per heavy atom. The van der Waals surface area contributed by atoms with E-state index in [9.17, 15) is 9.59 Å². The van der Waals surface area contributed by atoms with Crippen LogP contribution in [-0.4, -0.2) is 41.6 Å². The lowest BCUT2D eigenvalue weighted by atomic mass is 9.76. The van der Waals surface area contributed by atoms with Crippen LogP contribution in [0.1, 0.15) is 55.2 Å². The van der Waals surface area contributed by atoms with Gasteiger partial charge >= 0.3 is 12.0 Å². The highest BCUT2D eigenvalue weighted by Gasteiger charge is 2.37. The quantitative estimate of drug-likeness (QED) is 0.864. The Kier molecular flexibility index (Phi) is 5.54. The number of aliphatic carboxylic acids is 1. The summed E-state index contributed by atoms with van der Waals surface area (Å²) in [7, 11) is 0. The number of amides is 2. The van der Waals surface area contributed by atoms with E-state index in [1.54, 1.807) is 4.90 Å². The van der Waals surface area contributed by atoms with Crippen molar-refractivity contribution in [2.45, 2.75) is 57.8 Å². The molecule has 2 fully saturated rings. The largest absolute Gasteiger partial charge is 0.481 e. The van der Waals surface area contributed by atoms with Crippen molar-refractivity contribution in [1.82, 2.24) is 10.2 Å². The Hall–Kier alpha value is -2.04. The van der Waals surface area contributed by atoms with Gasteiger partial charge in [-0.25, -0.2) is 4.79 Å². The molecule has 5 nitrogen and oxygen atoms in total. The van der Waals surface area contributed by atoms with Gasteiger partial charge in [0.25, 0.3) is 0 Å². The number of nitrogens with one attached hydrogen (secondary N) is 1. The summed E-state index contributed by atoms with van der Waals surface area (Å²) in [6, 6.07) is 6.58. The van der Waals surface area contributed by atoms with Crippen molar-refractivity contribution in [2.24, 2.45) is 5.92 Å². The Bertz CT molecular complexity index is 672. The lowest BCUT2D eigenvalue weighted by Crippen LogP contribution is -2.49. The van der Waals surface area contributed by atoms with Crippen molar-refractivity contribution >= 4 is 12.0 Å². The number of carbonyl (C=O) groups excluding carboxylic acids is 1. The van der Waals surface area contributed by atoms with E-state index in [0.717, 1.165) is 12.8 Å². The molecule has 1 aromatic carbocycles. The number of benzene rings is 1. The second-order valence-electron chi connectivity index (χ2n) is 8.06. The number of piperidine rings is 1. The van der Waals surface area contributed by atoms with E-state index in [0.29, 0.717) is 32.5 Å². The molecule has 1 aliphatic carbocycles. The molecular formula is C21H30N2O3. The van der Waals surface area contributed by atoms with E-state index in [2.05, 4.69) is 37.4 Å². The highest BCUT2D eigenvalue weighted by molar-refractivity contribution is 5.75. The van der Waals surface area contributed by atoms with Gasteiger partial charge < -0.3 is 15.3 Å². The Morgan fingerprint density at radius 2 is 1.85 bits per heavy atom. The van der Waals surface area contributed by atoms with E-state index in [1.807, 2.05) is 0 Å². The van der Waals surface area contributed by atoms with Gasteiger partial charge in [-0.3, -0.25) is 4.79 Å². The number of carboxylic acids is 1. The Morgan fingerprint density at radius 3 is 2.42 bits per heavy atom. The fraction of sp³-hybridized carbons (Fsp3) is 0.619. The zero-order valence-electron chi connectivity index (χ0n) is 15.9. The summed E-state index contributed by atoms with van der Waals surface area (Å²) in [5.41, 5.74) is 3.98. The zero-order valence-corrected chi connectivity index (χ0v) is 15.9. The van der Waals surface area contributed by atoms with Crippen LogP contribution in [0.3, 0.4) is 0 Å². The standard InChI is InChI=1S/C21H30N2O3/c1-15-5-6-18(16(2)13-15)21(9-3-4-10-21)14-22-20(26)23-11-7-17(8-12-23)19(24)25/h5-6,13,17H,3-4,7-12,14H2,1-2H3,(H,22,26)(H,24,25). The maximum atomic E-state index is 12.6. The van der Waals surface area contributed by atoms with Gasteiger partial charge in [0.15, 0.2) is 0 Å². The van der Waals surface area contributed by atoms with Crippen LogP contribution in [0.4, 0.5) is 4.79 Å². The molecule has 2 N–H and O–H groups in total. The van der Waals surface area contributed by atoms with Crippen LogP contribution in [0.2, 0.25) is 0 Å². The van der Waals surface area contributed by atoms with Crippen molar-refractivity contribution in [3.8, 4) is 0 Å². The normalized spacial score (nSPS) is 20.2. The summed E-state index contributed by atoms with van der Waals surface area (Å²) in [4.78, 5) is 25.4. The second-order valence-corrected chi connectivity index (χ2v) is 8.06. The topological polar surface area (TPSA) is 69.6 Å². The van der Waals surface area contributed by atoms with Crippen LogP contribution in [0.5, 0.6) is 0 Å². The molecule has 26 heavy (non-hydrogen) atoms. The van der Waals surface area contributed by atoms with Crippen molar-refractivity contribution in [3.05, 3.63) is 34.9 Å². The van der Waals surface area contributed by atoms with Crippen LogP contribution in [-0.2, 0) is 10.2 Å². The third-order valence-electron chi connectivity index (χ3n) is 6.22. The van der Waals surface area contributed by atoms with Gasteiger partial charge in [0.05, 0.1) is 5.92 Å². The van der Waals surface area contributed by atoms with Crippen molar-refractivity contribution in [1.29, 1.82) is 0 Å². The monoisotopic (exact) mass is 358 g/mol. The number of carboxylic acid groups (broad SMARTS) is 1. The lowest BCUT2D eigenvalue weighted by Gasteiger charge is -2.34.